The second-order valence-corrected chi connectivity index (χ2v) is 7.72. The van der Waals surface area contributed by atoms with E-state index < -0.39 is 0 Å². The van der Waals surface area contributed by atoms with Gasteiger partial charge in [-0.3, -0.25) is 4.79 Å². The predicted molar refractivity (Wildman–Crippen MR) is 102 cm³/mol. The molecule has 1 fully saturated rings. The van der Waals surface area contributed by atoms with Gasteiger partial charge in [0.25, 0.3) is 0 Å². The first-order valence-corrected chi connectivity index (χ1v) is 10.0. The third-order valence-corrected chi connectivity index (χ3v) is 5.77. The number of nitrogens with zero attached hydrogens (tertiary/aromatic N) is 4. The summed E-state index contributed by atoms with van der Waals surface area (Å²) in [6.07, 6.45) is 3.41. The van der Waals surface area contributed by atoms with Gasteiger partial charge < -0.3 is 14.2 Å². The molecule has 1 amide bonds. The number of likely N-dealkylation sites (tertiary alicyclic amines) is 1. The Morgan fingerprint density at radius 3 is 2.77 bits per heavy atom. The van der Waals surface area contributed by atoms with Crippen LogP contribution >= 0.6 is 11.8 Å². The molecule has 0 radical (unpaired) electrons. The minimum Gasteiger partial charge on any atom is -0.486 e. The van der Waals surface area contributed by atoms with Crippen molar-refractivity contribution < 1.29 is 9.53 Å². The average Bonchev–Trinajstić information content (AvgIpc) is 2.99. The van der Waals surface area contributed by atoms with Gasteiger partial charge >= 0.3 is 0 Å². The van der Waals surface area contributed by atoms with Gasteiger partial charge in [0.2, 0.25) is 5.91 Å². The summed E-state index contributed by atoms with van der Waals surface area (Å²) in [6, 6.07) is 8.26. The fourth-order valence-corrected chi connectivity index (χ4v) is 3.87. The first-order valence-electron chi connectivity index (χ1n) is 9.04. The number of benzene rings is 1. The second kappa shape index (κ2) is 8.58. The Hall–Kier alpha value is -2.02. The molecule has 0 spiro atoms. The number of amides is 1. The first kappa shape index (κ1) is 18.8. The highest BCUT2D eigenvalue weighted by Crippen LogP contribution is 2.21. The van der Waals surface area contributed by atoms with Gasteiger partial charge in [0.05, 0.1) is 5.75 Å². The van der Waals surface area contributed by atoms with Crippen LogP contribution in [0, 0.1) is 6.92 Å². The van der Waals surface area contributed by atoms with E-state index in [0.29, 0.717) is 18.4 Å². The van der Waals surface area contributed by atoms with Crippen LogP contribution in [0.15, 0.2) is 29.4 Å². The minimum absolute atomic E-state index is 0.183. The van der Waals surface area contributed by atoms with Crippen LogP contribution in [-0.4, -0.2) is 43.9 Å². The van der Waals surface area contributed by atoms with E-state index in [4.69, 9.17) is 4.74 Å². The van der Waals surface area contributed by atoms with Crippen molar-refractivity contribution in [2.24, 2.45) is 7.05 Å². The van der Waals surface area contributed by atoms with Crippen LogP contribution in [0.2, 0.25) is 0 Å². The summed E-state index contributed by atoms with van der Waals surface area (Å²) in [5.74, 6) is 2.13. The molecule has 3 rings (SSSR count). The second-order valence-electron chi connectivity index (χ2n) is 6.78. The molecule has 6 nitrogen and oxygen atoms in total. The number of piperidine rings is 1. The van der Waals surface area contributed by atoms with Crippen molar-refractivity contribution in [2.75, 3.05) is 12.3 Å². The quantitative estimate of drug-likeness (QED) is 0.727. The minimum atomic E-state index is 0.183. The lowest BCUT2D eigenvalue weighted by Gasteiger charge is -2.33. The fourth-order valence-electron chi connectivity index (χ4n) is 3.06. The topological polar surface area (TPSA) is 60.3 Å². The van der Waals surface area contributed by atoms with Crippen LogP contribution in [0.1, 0.15) is 37.6 Å². The normalized spacial score (nSPS) is 17.3. The SMILES string of the molecule is Cc1ccc(OCc2nnc(SCC(=O)N3CCCC[C@H]3C)n2C)cc1. The molecular weight excluding hydrogens is 348 g/mol. The van der Waals surface area contributed by atoms with Crippen LogP contribution in [0.25, 0.3) is 0 Å². The molecule has 0 unspecified atom stereocenters. The van der Waals surface area contributed by atoms with E-state index in [1.807, 2.05) is 47.7 Å². The summed E-state index contributed by atoms with van der Waals surface area (Å²) in [5.41, 5.74) is 1.20. The zero-order valence-corrected chi connectivity index (χ0v) is 16.5. The number of rotatable bonds is 6. The van der Waals surface area contributed by atoms with Gasteiger partial charge in [-0.05, 0) is 45.2 Å². The number of carbonyl (C=O) groups excluding carboxylic acids is 1. The number of hydrogen-bond acceptors (Lipinski definition) is 5. The van der Waals surface area contributed by atoms with Crippen molar-refractivity contribution in [1.82, 2.24) is 19.7 Å². The van der Waals surface area contributed by atoms with Gasteiger partial charge in [0.1, 0.15) is 12.4 Å². The van der Waals surface area contributed by atoms with E-state index in [1.54, 1.807) is 0 Å². The zero-order chi connectivity index (χ0) is 18.5. The molecule has 1 aromatic heterocycles. The summed E-state index contributed by atoms with van der Waals surface area (Å²) in [6.45, 7) is 5.39. The Labute approximate surface area is 158 Å². The molecule has 0 saturated carbocycles. The van der Waals surface area contributed by atoms with Crippen molar-refractivity contribution in [3.05, 3.63) is 35.7 Å². The van der Waals surface area contributed by atoms with Gasteiger partial charge in [-0.25, -0.2) is 0 Å². The number of carbonyl (C=O) groups is 1. The lowest BCUT2D eigenvalue weighted by Crippen LogP contribution is -2.42. The van der Waals surface area contributed by atoms with Gasteiger partial charge in [-0.1, -0.05) is 29.5 Å². The fraction of sp³-hybridized carbons (Fsp3) is 0.526. The van der Waals surface area contributed by atoms with Crippen LogP contribution < -0.4 is 4.74 Å². The molecule has 1 aliphatic rings. The lowest BCUT2D eigenvalue weighted by atomic mass is 10.0. The molecule has 26 heavy (non-hydrogen) atoms. The molecule has 140 valence electrons. The summed E-state index contributed by atoms with van der Waals surface area (Å²) in [5, 5.41) is 9.14. The Bertz CT molecular complexity index is 744. The Morgan fingerprint density at radius 2 is 2.04 bits per heavy atom. The summed E-state index contributed by atoms with van der Waals surface area (Å²) >= 11 is 1.44. The molecule has 1 aliphatic heterocycles. The molecular formula is C19H26N4O2S. The number of aryl methyl sites for hydroxylation is 1. The molecule has 0 bridgehead atoms. The third kappa shape index (κ3) is 4.58. The maximum atomic E-state index is 12.5. The Balaban J connectivity index is 1.53. The van der Waals surface area contributed by atoms with Crippen LogP contribution in [0.5, 0.6) is 5.75 Å². The molecule has 1 aromatic carbocycles. The molecule has 1 saturated heterocycles. The van der Waals surface area contributed by atoms with E-state index in [9.17, 15) is 4.79 Å². The lowest BCUT2D eigenvalue weighted by molar-refractivity contribution is -0.131. The highest BCUT2D eigenvalue weighted by atomic mass is 32.2. The van der Waals surface area contributed by atoms with Crippen molar-refractivity contribution in [2.45, 2.75) is 50.9 Å². The molecule has 0 N–H and O–H groups in total. The molecule has 7 heteroatoms. The van der Waals surface area contributed by atoms with Crippen molar-refractivity contribution in [1.29, 1.82) is 0 Å². The maximum absolute atomic E-state index is 12.5. The Kier molecular flexibility index (Phi) is 6.19. The van der Waals surface area contributed by atoms with E-state index in [2.05, 4.69) is 17.1 Å². The van der Waals surface area contributed by atoms with Crippen LogP contribution in [-0.2, 0) is 18.4 Å². The summed E-state index contributed by atoms with van der Waals surface area (Å²) in [4.78, 5) is 14.5. The first-order chi connectivity index (χ1) is 12.5. The average molecular weight is 375 g/mol. The van der Waals surface area contributed by atoms with Gasteiger partial charge in [0.15, 0.2) is 11.0 Å². The summed E-state index contributed by atoms with van der Waals surface area (Å²) in [7, 11) is 1.91. The van der Waals surface area contributed by atoms with E-state index >= 15 is 0 Å². The van der Waals surface area contributed by atoms with E-state index in [-0.39, 0.29) is 5.91 Å². The zero-order valence-electron chi connectivity index (χ0n) is 15.6. The number of aromatic nitrogens is 3. The monoisotopic (exact) mass is 374 g/mol. The smallest absolute Gasteiger partial charge is 0.233 e. The van der Waals surface area contributed by atoms with Crippen LogP contribution in [0.4, 0.5) is 0 Å². The van der Waals surface area contributed by atoms with Crippen molar-refractivity contribution >= 4 is 17.7 Å². The van der Waals surface area contributed by atoms with Gasteiger partial charge in [-0.15, -0.1) is 10.2 Å². The highest BCUT2D eigenvalue weighted by molar-refractivity contribution is 7.99. The third-order valence-electron chi connectivity index (χ3n) is 4.76. The van der Waals surface area contributed by atoms with Crippen LogP contribution in [0.3, 0.4) is 0 Å². The predicted octanol–water partition coefficient (Wildman–Crippen LogP) is 3.20. The maximum Gasteiger partial charge on any atom is 0.233 e. The summed E-state index contributed by atoms with van der Waals surface area (Å²) < 4.78 is 7.66. The van der Waals surface area contributed by atoms with E-state index in [1.165, 1.54) is 23.7 Å². The Morgan fingerprint density at radius 1 is 1.27 bits per heavy atom. The number of thioether (sulfide) groups is 1. The highest BCUT2D eigenvalue weighted by Gasteiger charge is 2.23. The van der Waals surface area contributed by atoms with Gasteiger partial charge in [-0.2, -0.15) is 0 Å². The van der Waals surface area contributed by atoms with Crippen molar-refractivity contribution in [3.63, 3.8) is 0 Å². The number of ether oxygens (including phenoxy) is 1. The molecule has 0 aliphatic carbocycles. The van der Waals surface area contributed by atoms with Gasteiger partial charge in [0, 0.05) is 19.6 Å². The molecule has 2 heterocycles. The standard InChI is InChI=1S/C19H26N4O2S/c1-14-7-9-16(10-8-14)25-12-17-20-21-19(22(17)3)26-13-18(24)23-11-5-4-6-15(23)2/h7-10,15H,4-6,11-13H2,1-3H3/t15-/m1/s1. The number of hydrogen-bond donors (Lipinski definition) is 0. The molecule has 1 atom stereocenters. The van der Waals surface area contributed by atoms with E-state index in [0.717, 1.165) is 36.1 Å². The largest absolute Gasteiger partial charge is 0.486 e. The van der Waals surface area contributed by atoms with Crippen molar-refractivity contribution in [3.8, 4) is 5.75 Å². The molecule has 2 aromatic rings.